The molecule has 1 N–H and O–H groups in total. The van der Waals surface area contributed by atoms with Crippen molar-refractivity contribution in [2.45, 2.75) is 30.6 Å². The zero-order chi connectivity index (χ0) is 23.1. The highest BCUT2D eigenvalue weighted by molar-refractivity contribution is 7.89. The van der Waals surface area contributed by atoms with Gasteiger partial charge in [0.25, 0.3) is 0 Å². The highest BCUT2D eigenvalue weighted by Gasteiger charge is 2.26. The van der Waals surface area contributed by atoms with Crippen LogP contribution in [0.25, 0.3) is 0 Å². The Morgan fingerprint density at radius 1 is 0.938 bits per heavy atom. The molecule has 0 aliphatic heterocycles. The molecule has 1 heterocycles. The number of hydrogen-bond acceptors (Lipinski definition) is 4. The first-order valence-corrected chi connectivity index (χ1v) is 13.1. The van der Waals surface area contributed by atoms with Gasteiger partial charge >= 0.3 is 5.97 Å². The molecule has 3 aromatic rings. The molecule has 9 heteroatoms. The van der Waals surface area contributed by atoms with Gasteiger partial charge in [0, 0.05) is 23.0 Å². The molecule has 0 atom stereocenters. The first-order chi connectivity index (χ1) is 15.3. The molecule has 0 unspecified atom stereocenters. The van der Waals surface area contributed by atoms with E-state index in [1.54, 1.807) is 36.4 Å². The lowest BCUT2D eigenvalue weighted by atomic mass is 10.1. The van der Waals surface area contributed by atoms with Crippen molar-refractivity contribution >= 4 is 50.5 Å². The molecule has 5 nitrogen and oxygen atoms in total. The van der Waals surface area contributed by atoms with E-state index < -0.39 is 16.0 Å². The van der Waals surface area contributed by atoms with E-state index in [1.165, 1.54) is 21.7 Å². The number of sulfonamides is 1. The van der Waals surface area contributed by atoms with Gasteiger partial charge in [-0.25, -0.2) is 13.2 Å². The van der Waals surface area contributed by atoms with Gasteiger partial charge in [0.1, 0.15) is 9.77 Å². The van der Waals surface area contributed by atoms with E-state index in [9.17, 15) is 13.2 Å². The minimum Gasteiger partial charge on any atom is -0.477 e. The Morgan fingerprint density at radius 2 is 1.66 bits per heavy atom. The first-order valence-electron chi connectivity index (χ1n) is 10.1. The Hall–Kier alpha value is -1.90. The van der Waals surface area contributed by atoms with Crippen LogP contribution in [0, 0.1) is 0 Å². The van der Waals surface area contributed by atoms with Gasteiger partial charge in [-0.05, 0) is 67.6 Å². The van der Waals surface area contributed by atoms with Crippen molar-refractivity contribution < 1.29 is 18.3 Å². The fourth-order valence-electron chi connectivity index (χ4n) is 3.35. The van der Waals surface area contributed by atoms with Crippen LogP contribution in [0.4, 0.5) is 0 Å². The highest BCUT2D eigenvalue weighted by atomic mass is 35.5. The number of carboxylic acids is 1. The van der Waals surface area contributed by atoms with Crippen LogP contribution in [-0.2, 0) is 22.9 Å². The lowest BCUT2D eigenvalue weighted by Crippen LogP contribution is -2.33. The van der Waals surface area contributed by atoms with Crippen LogP contribution >= 0.6 is 34.5 Å². The molecule has 0 aliphatic rings. The van der Waals surface area contributed by atoms with Gasteiger partial charge < -0.3 is 5.11 Å². The Morgan fingerprint density at radius 3 is 2.31 bits per heavy atom. The number of carboxylic acid groups (broad SMARTS) is 1. The van der Waals surface area contributed by atoms with Crippen LogP contribution in [0.1, 0.15) is 33.0 Å². The first kappa shape index (κ1) is 24.7. The van der Waals surface area contributed by atoms with Crippen LogP contribution in [0.5, 0.6) is 0 Å². The summed E-state index contributed by atoms with van der Waals surface area (Å²) in [4.78, 5) is 12.4. The fourth-order valence-corrected chi connectivity index (χ4v) is 6.47. The molecular formula is C23H23Cl2NO4S2. The molecule has 0 fully saturated rings. The van der Waals surface area contributed by atoms with E-state index in [-0.39, 0.29) is 14.8 Å². The summed E-state index contributed by atoms with van der Waals surface area (Å²) in [6.45, 7) is 0.647. The Labute approximate surface area is 202 Å². The van der Waals surface area contributed by atoms with Gasteiger partial charge in [0.2, 0.25) is 10.0 Å². The summed E-state index contributed by atoms with van der Waals surface area (Å²) in [5.74, 6) is -0.954. The molecule has 0 saturated heterocycles. The molecule has 0 amide bonds. The number of rotatable bonds is 11. The number of halogens is 2. The van der Waals surface area contributed by atoms with Gasteiger partial charge in [0.05, 0.1) is 5.02 Å². The van der Waals surface area contributed by atoms with Gasteiger partial charge in [-0.15, -0.1) is 11.3 Å². The van der Waals surface area contributed by atoms with Gasteiger partial charge in [-0.2, -0.15) is 4.31 Å². The molecule has 1 aromatic heterocycles. The second-order valence-electron chi connectivity index (χ2n) is 7.24. The molecular weight excluding hydrogens is 489 g/mol. The van der Waals surface area contributed by atoms with Crippen molar-refractivity contribution in [3.05, 3.63) is 86.0 Å². The van der Waals surface area contributed by atoms with Crippen molar-refractivity contribution in [1.29, 1.82) is 0 Å². The summed E-state index contributed by atoms with van der Waals surface area (Å²) in [7, 11) is -3.77. The number of carbonyl (C=O) groups is 1. The molecule has 0 saturated carbocycles. The zero-order valence-electron chi connectivity index (χ0n) is 17.2. The van der Waals surface area contributed by atoms with Crippen LogP contribution in [0.2, 0.25) is 10.0 Å². The lowest BCUT2D eigenvalue weighted by molar-refractivity contribution is 0.0702. The number of thiophene rings is 1. The van der Waals surface area contributed by atoms with E-state index in [0.717, 1.165) is 10.4 Å². The summed E-state index contributed by atoms with van der Waals surface area (Å²) >= 11 is 13.5. The van der Waals surface area contributed by atoms with Gasteiger partial charge in [-0.3, -0.25) is 0 Å². The summed E-state index contributed by atoms with van der Waals surface area (Å²) in [6, 6.07) is 17.3. The Bertz CT molecular complexity index is 1180. The average molecular weight is 512 g/mol. The third kappa shape index (κ3) is 6.56. The maximum Gasteiger partial charge on any atom is 0.345 e. The third-order valence-electron chi connectivity index (χ3n) is 4.92. The minimum absolute atomic E-state index is 0.0914. The standard InChI is InChI=1S/C23H23Cl2NO4S2/c24-18-8-3-6-17(16-18)7-4-14-26(32(29,30)22-11-2-1-10-20(22)25)15-5-9-19-12-13-21(31-19)23(27)28/h1-3,6,8,10-13,16H,4-5,7,9,14-15H2,(H,27,28). The van der Waals surface area contributed by atoms with Crippen molar-refractivity contribution in [3.8, 4) is 0 Å². The molecule has 170 valence electrons. The number of nitrogens with zero attached hydrogens (tertiary/aromatic N) is 1. The van der Waals surface area contributed by atoms with Crippen LogP contribution < -0.4 is 0 Å². The lowest BCUT2D eigenvalue weighted by Gasteiger charge is -2.23. The molecule has 0 spiro atoms. The number of benzene rings is 2. The normalized spacial score (nSPS) is 11.7. The number of hydrogen-bond donors (Lipinski definition) is 1. The van der Waals surface area contributed by atoms with E-state index in [4.69, 9.17) is 28.3 Å². The Kier molecular flexibility index (Phi) is 8.73. The predicted octanol–water partition coefficient (Wildman–Crippen LogP) is 6.01. The molecule has 0 bridgehead atoms. The maximum absolute atomic E-state index is 13.3. The Balaban J connectivity index is 1.70. The van der Waals surface area contributed by atoms with Crippen molar-refractivity contribution in [1.82, 2.24) is 4.31 Å². The smallest absolute Gasteiger partial charge is 0.345 e. The monoisotopic (exact) mass is 511 g/mol. The number of aryl methyl sites for hydroxylation is 2. The van der Waals surface area contributed by atoms with Crippen LogP contribution in [-0.4, -0.2) is 36.9 Å². The summed E-state index contributed by atoms with van der Waals surface area (Å²) in [6.07, 6.45) is 2.50. The maximum atomic E-state index is 13.3. The van der Waals surface area contributed by atoms with Crippen LogP contribution in [0.3, 0.4) is 0 Å². The molecule has 0 aliphatic carbocycles. The average Bonchev–Trinajstić information content (AvgIpc) is 3.22. The number of aromatic carboxylic acids is 1. The molecule has 2 aromatic carbocycles. The SMILES string of the molecule is O=C(O)c1ccc(CCCN(CCCc2cccc(Cl)c2)S(=O)(=O)c2ccccc2Cl)s1. The second kappa shape index (κ2) is 11.3. The molecule has 32 heavy (non-hydrogen) atoms. The zero-order valence-corrected chi connectivity index (χ0v) is 20.4. The predicted molar refractivity (Wildman–Crippen MR) is 130 cm³/mol. The topological polar surface area (TPSA) is 74.7 Å². The molecule has 0 radical (unpaired) electrons. The highest BCUT2D eigenvalue weighted by Crippen LogP contribution is 2.26. The largest absolute Gasteiger partial charge is 0.477 e. The summed E-state index contributed by atoms with van der Waals surface area (Å²) in [5.41, 5.74) is 1.05. The summed E-state index contributed by atoms with van der Waals surface area (Å²) < 4.78 is 28.1. The second-order valence-corrected chi connectivity index (χ2v) is 11.2. The summed E-state index contributed by atoms with van der Waals surface area (Å²) in [5, 5.41) is 9.92. The fraction of sp³-hybridized carbons (Fsp3) is 0.261. The molecule has 3 rings (SSSR count). The van der Waals surface area contributed by atoms with Crippen molar-refractivity contribution in [2.24, 2.45) is 0 Å². The van der Waals surface area contributed by atoms with Crippen LogP contribution in [0.15, 0.2) is 65.6 Å². The van der Waals surface area contributed by atoms with Gasteiger partial charge in [0.15, 0.2) is 0 Å². The van der Waals surface area contributed by atoms with E-state index in [0.29, 0.717) is 43.8 Å². The van der Waals surface area contributed by atoms with E-state index >= 15 is 0 Å². The van der Waals surface area contributed by atoms with E-state index in [2.05, 4.69) is 0 Å². The minimum atomic E-state index is -3.77. The van der Waals surface area contributed by atoms with E-state index in [1.807, 2.05) is 18.2 Å². The quantitative estimate of drug-likeness (QED) is 0.342. The van der Waals surface area contributed by atoms with Crippen molar-refractivity contribution in [3.63, 3.8) is 0 Å². The van der Waals surface area contributed by atoms with Crippen molar-refractivity contribution in [2.75, 3.05) is 13.1 Å². The van der Waals surface area contributed by atoms with Gasteiger partial charge in [-0.1, -0.05) is 47.5 Å². The third-order valence-corrected chi connectivity index (χ3v) is 8.69.